The molecule has 0 saturated carbocycles. The Bertz CT molecular complexity index is 674. The number of amides is 1. The Kier molecular flexibility index (Phi) is 4.83. The van der Waals surface area contributed by atoms with E-state index in [-0.39, 0.29) is 24.8 Å². The lowest BCUT2D eigenvalue weighted by Crippen LogP contribution is -2.27. The van der Waals surface area contributed by atoms with Gasteiger partial charge in [0.15, 0.2) is 0 Å². The second-order valence-corrected chi connectivity index (χ2v) is 4.93. The molecule has 0 spiro atoms. The number of carbonyl (C=O) groups is 2. The van der Waals surface area contributed by atoms with Crippen LogP contribution in [-0.2, 0) is 16.6 Å². The predicted molar refractivity (Wildman–Crippen MR) is 84.2 cm³/mol. The van der Waals surface area contributed by atoms with Gasteiger partial charge in [0.2, 0.25) is 0 Å². The van der Waals surface area contributed by atoms with Gasteiger partial charge in [0, 0.05) is 31.0 Å². The third kappa shape index (κ3) is 3.66. The van der Waals surface area contributed by atoms with Crippen LogP contribution in [-0.4, -0.2) is 30.1 Å². The van der Waals surface area contributed by atoms with E-state index < -0.39 is 0 Å². The Labute approximate surface area is 128 Å². The van der Waals surface area contributed by atoms with Crippen LogP contribution in [0.4, 0.5) is 5.69 Å². The quantitative estimate of drug-likeness (QED) is 0.648. The van der Waals surface area contributed by atoms with Crippen LogP contribution in [0.15, 0.2) is 36.5 Å². The fraction of sp³-hybridized carbons (Fsp3) is 0.250. The van der Waals surface area contributed by atoms with E-state index in [0.29, 0.717) is 11.4 Å². The highest BCUT2D eigenvalue weighted by Gasteiger charge is 2.13. The Morgan fingerprint density at radius 3 is 2.55 bits per heavy atom. The molecule has 1 amide bonds. The lowest BCUT2D eigenvalue weighted by molar-refractivity contribution is -0.140. The maximum absolute atomic E-state index is 12.1. The first-order valence-electron chi connectivity index (χ1n) is 6.88. The highest BCUT2D eigenvalue weighted by atomic mass is 16.5. The summed E-state index contributed by atoms with van der Waals surface area (Å²) in [4.78, 5) is 23.2. The number of aryl methyl sites for hydroxylation is 1. The summed E-state index contributed by atoms with van der Waals surface area (Å²) in [5.41, 5.74) is 8.81. The molecule has 0 radical (unpaired) electrons. The first-order chi connectivity index (χ1) is 10.5. The zero-order valence-corrected chi connectivity index (χ0v) is 12.6. The summed E-state index contributed by atoms with van der Waals surface area (Å²) in [7, 11) is 3.12. The minimum Gasteiger partial charge on any atom is -0.469 e. The Hall–Kier alpha value is -2.76. The minimum atomic E-state index is -0.352. The second kappa shape index (κ2) is 6.80. The molecule has 0 aliphatic carbocycles. The SMILES string of the molecule is COC(=O)CCNC(=O)c1cc(-c2ccc(N)cc2)cn1C. The van der Waals surface area contributed by atoms with E-state index in [0.717, 1.165) is 11.1 Å². The number of nitrogens with two attached hydrogens (primary N) is 1. The molecule has 2 aromatic rings. The molecular formula is C16H19N3O3. The van der Waals surface area contributed by atoms with Gasteiger partial charge in [-0.1, -0.05) is 12.1 Å². The van der Waals surface area contributed by atoms with Crippen molar-refractivity contribution in [2.75, 3.05) is 19.4 Å². The van der Waals surface area contributed by atoms with Crippen molar-refractivity contribution in [3.63, 3.8) is 0 Å². The number of nitrogens with zero attached hydrogens (tertiary/aromatic N) is 1. The molecule has 3 N–H and O–H groups in total. The van der Waals surface area contributed by atoms with E-state index in [4.69, 9.17) is 5.73 Å². The number of hydrogen-bond donors (Lipinski definition) is 2. The van der Waals surface area contributed by atoms with Gasteiger partial charge in [-0.3, -0.25) is 9.59 Å². The van der Waals surface area contributed by atoms with E-state index in [1.54, 1.807) is 17.7 Å². The zero-order chi connectivity index (χ0) is 16.1. The number of esters is 1. The molecule has 0 saturated heterocycles. The highest BCUT2D eigenvalue weighted by Crippen LogP contribution is 2.22. The molecular weight excluding hydrogens is 282 g/mol. The summed E-state index contributed by atoms with van der Waals surface area (Å²) in [6, 6.07) is 9.25. The molecule has 2 rings (SSSR count). The third-order valence-corrected chi connectivity index (χ3v) is 3.32. The number of rotatable bonds is 5. The van der Waals surface area contributed by atoms with E-state index in [1.165, 1.54) is 7.11 Å². The Morgan fingerprint density at radius 1 is 1.23 bits per heavy atom. The van der Waals surface area contributed by atoms with E-state index in [9.17, 15) is 9.59 Å². The topological polar surface area (TPSA) is 86.3 Å². The summed E-state index contributed by atoms with van der Waals surface area (Å²) in [5, 5.41) is 2.70. The number of nitrogen functional groups attached to an aromatic ring is 1. The number of carbonyl (C=O) groups excluding carboxylic acids is 2. The van der Waals surface area contributed by atoms with Crippen LogP contribution in [0.5, 0.6) is 0 Å². The summed E-state index contributed by atoms with van der Waals surface area (Å²) < 4.78 is 6.28. The molecule has 0 unspecified atom stereocenters. The molecule has 116 valence electrons. The standard InChI is InChI=1S/C16H19N3O3/c1-19-10-12(11-3-5-13(17)6-4-11)9-14(19)16(21)18-8-7-15(20)22-2/h3-6,9-10H,7-8,17H2,1-2H3,(H,18,21). The second-order valence-electron chi connectivity index (χ2n) is 4.93. The van der Waals surface area contributed by atoms with Gasteiger partial charge >= 0.3 is 5.97 Å². The van der Waals surface area contributed by atoms with Crippen molar-refractivity contribution in [3.05, 3.63) is 42.2 Å². The average Bonchev–Trinajstić information content (AvgIpc) is 2.89. The van der Waals surface area contributed by atoms with Crippen LogP contribution < -0.4 is 11.1 Å². The molecule has 22 heavy (non-hydrogen) atoms. The number of ether oxygens (including phenoxy) is 1. The van der Waals surface area contributed by atoms with Crippen molar-refractivity contribution in [2.45, 2.75) is 6.42 Å². The van der Waals surface area contributed by atoms with Crippen molar-refractivity contribution in [1.82, 2.24) is 9.88 Å². The van der Waals surface area contributed by atoms with E-state index >= 15 is 0 Å². The Balaban J connectivity index is 2.07. The lowest BCUT2D eigenvalue weighted by atomic mass is 10.1. The van der Waals surface area contributed by atoms with Crippen molar-refractivity contribution < 1.29 is 14.3 Å². The molecule has 6 heteroatoms. The molecule has 0 fully saturated rings. The van der Waals surface area contributed by atoms with Crippen molar-refractivity contribution >= 4 is 17.6 Å². The van der Waals surface area contributed by atoms with Crippen LogP contribution in [0.2, 0.25) is 0 Å². The van der Waals surface area contributed by atoms with Crippen molar-refractivity contribution in [1.29, 1.82) is 0 Å². The zero-order valence-electron chi connectivity index (χ0n) is 12.6. The molecule has 1 heterocycles. The molecule has 0 atom stereocenters. The van der Waals surface area contributed by atoms with Crippen LogP contribution in [0.3, 0.4) is 0 Å². The fourth-order valence-corrected chi connectivity index (χ4v) is 2.09. The van der Waals surface area contributed by atoms with Crippen LogP contribution in [0.25, 0.3) is 11.1 Å². The molecule has 0 bridgehead atoms. The molecule has 0 aliphatic rings. The van der Waals surface area contributed by atoms with Gasteiger partial charge in [-0.05, 0) is 23.8 Å². The average molecular weight is 301 g/mol. The Morgan fingerprint density at radius 2 is 1.91 bits per heavy atom. The first-order valence-corrected chi connectivity index (χ1v) is 6.88. The summed E-state index contributed by atoms with van der Waals surface area (Å²) in [5.74, 6) is -0.581. The molecule has 0 aliphatic heterocycles. The van der Waals surface area contributed by atoms with E-state index in [2.05, 4.69) is 10.1 Å². The summed E-state index contributed by atoms with van der Waals surface area (Å²) in [6.07, 6.45) is 2.03. The smallest absolute Gasteiger partial charge is 0.307 e. The third-order valence-electron chi connectivity index (χ3n) is 3.32. The van der Waals surface area contributed by atoms with Crippen LogP contribution >= 0.6 is 0 Å². The minimum absolute atomic E-state index is 0.150. The normalized spacial score (nSPS) is 10.3. The first kappa shape index (κ1) is 15.6. The van der Waals surface area contributed by atoms with Gasteiger partial charge in [0.25, 0.3) is 5.91 Å². The van der Waals surface area contributed by atoms with E-state index in [1.807, 2.05) is 30.5 Å². The highest BCUT2D eigenvalue weighted by molar-refractivity contribution is 5.94. The number of methoxy groups -OCH3 is 1. The lowest BCUT2D eigenvalue weighted by Gasteiger charge is -2.04. The van der Waals surface area contributed by atoms with Crippen molar-refractivity contribution in [2.24, 2.45) is 7.05 Å². The molecule has 6 nitrogen and oxygen atoms in total. The monoisotopic (exact) mass is 301 g/mol. The van der Waals surface area contributed by atoms with Gasteiger partial charge in [-0.25, -0.2) is 0 Å². The van der Waals surface area contributed by atoms with Gasteiger partial charge in [0.05, 0.1) is 13.5 Å². The summed E-state index contributed by atoms with van der Waals surface area (Å²) in [6.45, 7) is 0.244. The van der Waals surface area contributed by atoms with Gasteiger partial charge in [0.1, 0.15) is 5.69 Å². The number of benzene rings is 1. The van der Waals surface area contributed by atoms with Gasteiger partial charge in [-0.2, -0.15) is 0 Å². The number of aromatic nitrogens is 1. The molecule has 1 aromatic carbocycles. The predicted octanol–water partition coefficient (Wildman–Crippen LogP) is 1.57. The largest absolute Gasteiger partial charge is 0.469 e. The fourth-order valence-electron chi connectivity index (χ4n) is 2.09. The maximum atomic E-state index is 12.1. The van der Waals surface area contributed by atoms with Crippen molar-refractivity contribution in [3.8, 4) is 11.1 Å². The maximum Gasteiger partial charge on any atom is 0.307 e. The number of hydrogen-bond acceptors (Lipinski definition) is 4. The number of nitrogens with one attached hydrogen (secondary N) is 1. The molecule has 1 aromatic heterocycles. The van der Waals surface area contributed by atoms with Gasteiger partial charge < -0.3 is 20.4 Å². The van der Waals surface area contributed by atoms with Crippen LogP contribution in [0.1, 0.15) is 16.9 Å². The summed E-state index contributed by atoms with van der Waals surface area (Å²) >= 11 is 0. The number of anilines is 1. The van der Waals surface area contributed by atoms with Crippen LogP contribution in [0, 0.1) is 0 Å². The van der Waals surface area contributed by atoms with Gasteiger partial charge in [-0.15, -0.1) is 0 Å².